The van der Waals surface area contributed by atoms with Gasteiger partial charge < -0.3 is 9.47 Å². The summed E-state index contributed by atoms with van der Waals surface area (Å²) in [5.41, 5.74) is 3.37. The van der Waals surface area contributed by atoms with Crippen LogP contribution in [0.1, 0.15) is 43.9 Å². The first-order valence-corrected chi connectivity index (χ1v) is 7.87. The van der Waals surface area contributed by atoms with E-state index in [1.165, 1.54) is 5.56 Å². The van der Waals surface area contributed by atoms with Crippen LogP contribution in [0.4, 0.5) is 0 Å². The molecule has 0 aromatic heterocycles. The van der Waals surface area contributed by atoms with Crippen LogP contribution in [0.3, 0.4) is 0 Å². The minimum atomic E-state index is -0.208. The lowest BCUT2D eigenvalue weighted by molar-refractivity contribution is -0.121. The zero-order valence-corrected chi connectivity index (χ0v) is 14.0. The summed E-state index contributed by atoms with van der Waals surface area (Å²) in [4.78, 5) is 21.1. The van der Waals surface area contributed by atoms with Gasteiger partial charge in [-0.2, -0.15) is 0 Å². The second kappa shape index (κ2) is 5.78. The Kier molecular flexibility index (Phi) is 3.91. The fourth-order valence-electron chi connectivity index (χ4n) is 3.99. The molecule has 0 saturated carbocycles. The molecule has 1 atom stereocenters. The summed E-state index contributed by atoms with van der Waals surface area (Å²) in [5, 5.41) is 0. The molecule has 1 aliphatic rings. The SMILES string of the molecule is CC1(C)C[C@](C)(c2ccc(OC=O)cc2)c2cc(OC=O)ccc21. The van der Waals surface area contributed by atoms with Crippen molar-refractivity contribution in [1.82, 2.24) is 0 Å². The van der Waals surface area contributed by atoms with Gasteiger partial charge in [0.1, 0.15) is 11.5 Å². The van der Waals surface area contributed by atoms with Crippen molar-refractivity contribution < 1.29 is 19.1 Å². The molecule has 124 valence electrons. The lowest BCUT2D eigenvalue weighted by Gasteiger charge is -2.28. The van der Waals surface area contributed by atoms with E-state index < -0.39 is 0 Å². The van der Waals surface area contributed by atoms with Crippen LogP contribution in [0.25, 0.3) is 0 Å². The average molecular weight is 324 g/mol. The van der Waals surface area contributed by atoms with Gasteiger partial charge in [-0.15, -0.1) is 0 Å². The van der Waals surface area contributed by atoms with Crippen LogP contribution in [-0.2, 0) is 20.4 Å². The van der Waals surface area contributed by atoms with Crippen LogP contribution < -0.4 is 9.47 Å². The Hall–Kier alpha value is -2.62. The number of benzene rings is 2. The number of ether oxygens (including phenoxy) is 2. The largest absolute Gasteiger partial charge is 0.429 e. The Morgan fingerprint density at radius 2 is 1.42 bits per heavy atom. The summed E-state index contributed by atoms with van der Waals surface area (Å²) in [6.45, 7) is 7.52. The van der Waals surface area contributed by atoms with Crippen molar-refractivity contribution in [3.63, 3.8) is 0 Å². The molecule has 0 N–H and O–H groups in total. The van der Waals surface area contributed by atoms with Crippen molar-refractivity contribution in [1.29, 1.82) is 0 Å². The van der Waals surface area contributed by atoms with Gasteiger partial charge >= 0.3 is 0 Å². The third kappa shape index (κ3) is 2.58. The number of carbonyl (C=O) groups excluding carboxylic acids is 2. The van der Waals surface area contributed by atoms with Crippen LogP contribution in [0.2, 0.25) is 0 Å². The van der Waals surface area contributed by atoms with E-state index in [0.717, 1.165) is 17.5 Å². The normalized spacial score (nSPS) is 21.0. The lowest BCUT2D eigenvalue weighted by Crippen LogP contribution is -2.23. The van der Waals surface area contributed by atoms with E-state index in [2.05, 4.69) is 20.8 Å². The summed E-state index contributed by atoms with van der Waals surface area (Å²) in [5.74, 6) is 1.07. The number of rotatable bonds is 5. The van der Waals surface area contributed by atoms with E-state index in [4.69, 9.17) is 9.47 Å². The summed E-state index contributed by atoms with van der Waals surface area (Å²) in [6, 6.07) is 13.4. The van der Waals surface area contributed by atoms with E-state index in [1.54, 1.807) is 12.1 Å². The van der Waals surface area contributed by atoms with Crippen molar-refractivity contribution in [3.05, 3.63) is 59.2 Å². The van der Waals surface area contributed by atoms with Crippen LogP contribution in [-0.4, -0.2) is 12.9 Å². The number of fused-ring (bicyclic) bond motifs is 1. The van der Waals surface area contributed by atoms with Gasteiger partial charge in [0.2, 0.25) is 0 Å². The Labute approximate surface area is 141 Å². The van der Waals surface area contributed by atoms with E-state index in [9.17, 15) is 9.59 Å². The van der Waals surface area contributed by atoms with Crippen LogP contribution in [0.15, 0.2) is 42.5 Å². The molecule has 2 aromatic carbocycles. The highest BCUT2D eigenvalue weighted by Gasteiger charge is 2.45. The second-order valence-electron chi connectivity index (χ2n) is 7.05. The molecule has 4 heteroatoms. The first kappa shape index (κ1) is 16.2. The molecule has 0 amide bonds. The highest BCUT2D eigenvalue weighted by atomic mass is 16.5. The van der Waals surface area contributed by atoms with Gasteiger partial charge in [-0.05, 0) is 52.8 Å². The molecule has 24 heavy (non-hydrogen) atoms. The van der Waals surface area contributed by atoms with Gasteiger partial charge in [0, 0.05) is 5.41 Å². The first-order chi connectivity index (χ1) is 11.4. The quantitative estimate of drug-likeness (QED) is 0.786. The third-order valence-corrected chi connectivity index (χ3v) is 4.97. The van der Waals surface area contributed by atoms with Crippen molar-refractivity contribution in [2.45, 2.75) is 38.0 Å². The molecule has 0 spiro atoms. The maximum Gasteiger partial charge on any atom is 0.298 e. The summed E-state index contributed by atoms with van der Waals surface area (Å²) in [7, 11) is 0. The molecule has 0 heterocycles. The van der Waals surface area contributed by atoms with Crippen molar-refractivity contribution >= 4 is 12.9 Å². The van der Waals surface area contributed by atoms with Crippen LogP contribution in [0.5, 0.6) is 11.5 Å². The molecule has 1 aliphatic carbocycles. The summed E-state index contributed by atoms with van der Waals surface area (Å²) in [6.07, 6.45) is 0.938. The molecule has 0 radical (unpaired) electrons. The van der Waals surface area contributed by atoms with Gasteiger partial charge in [-0.1, -0.05) is 39.0 Å². The van der Waals surface area contributed by atoms with Crippen molar-refractivity contribution in [2.75, 3.05) is 0 Å². The van der Waals surface area contributed by atoms with Crippen LogP contribution >= 0.6 is 0 Å². The lowest BCUT2D eigenvalue weighted by atomic mass is 9.75. The Balaban J connectivity index is 2.09. The first-order valence-electron chi connectivity index (χ1n) is 7.87. The molecular formula is C20H20O4. The van der Waals surface area contributed by atoms with E-state index in [-0.39, 0.29) is 10.8 Å². The monoisotopic (exact) mass is 324 g/mol. The van der Waals surface area contributed by atoms with E-state index >= 15 is 0 Å². The number of hydrogen-bond donors (Lipinski definition) is 0. The average Bonchev–Trinajstić information content (AvgIpc) is 2.76. The van der Waals surface area contributed by atoms with Crippen LogP contribution in [0, 0.1) is 0 Å². The zero-order chi connectivity index (χ0) is 17.4. The second-order valence-corrected chi connectivity index (χ2v) is 7.05. The van der Waals surface area contributed by atoms with Gasteiger partial charge in [0.15, 0.2) is 0 Å². The fraction of sp³-hybridized carbons (Fsp3) is 0.300. The maximum absolute atomic E-state index is 10.7. The Bertz CT molecular complexity index is 777. The molecule has 0 bridgehead atoms. The van der Waals surface area contributed by atoms with Crippen molar-refractivity contribution in [2.24, 2.45) is 0 Å². The highest BCUT2D eigenvalue weighted by Crippen LogP contribution is 2.53. The number of carbonyl (C=O) groups is 2. The molecule has 2 aromatic rings. The predicted octanol–water partition coefficient (Wildman–Crippen LogP) is 3.74. The molecule has 4 nitrogen and oxygen atoms in total. The smallest absolute Gasteiger partial charge is 0.298 e. The topological polar surface area (TPSA) is 52.6 Å². The fourth-order valence-corrected chi connectivity index (χ4v) is 3.99. The van der Waals surface area contributed by atoms with Gasteiger partial charge in [0.25, 0.3) is 12.9 Å². The third-order valence-electron chi connectivity index (χ3n) is 4.97. The van der Waals surface area contributed by atoms with E-state index in [0.29, 0.717) is 24.4 Å². The number of hydrogen-bond acceptors (Lipinski definition) is 4. The van der Waals surface area contributed by atoms with Crippen molar-refractivity contribution in [3.8, 4) is 11.5 Å². The molecule has 0 aliphatic heterocycles. The molecule has 0 saturated heterocycles. The molecular weight excluding hydrogens is 304 g/mol. The minimum Gasteiger partial charge on any atom is -0.429 e. The highest BCUT2D eigenvalue weighted by molar-refractivity contribution is 5.56. The van der Waals surface area contributed by atoms with Gasteiger partial charge in [0.05, 0.1) is 0 Å². The summed E-state index contributed by atoms with van der Waals surface area (Å²) >= 11 is 0. The standard InChI is InChI=1S/C20H20O4/c1-19(2)11-20(3,14-4-6-15(7-5-14)23-12-21)18-10-16(24-13-22)8-9-17(18)19/h4-10,12-13H,11H2,1-3H3/t20-/m1/s1. The minimum absolute atomic E-state index is 0.0156. The molecule has 3 rings (SSSR count). The van der Waals surface area contributed by atoms with Gasteiger partial charge in [-0.3, -0.25) is 9.59 Å². The molecule has 0 fully saturated rings. The maximum atomic E-state index is 10.7. The predicted molar refractivity (Wildman–Crippen MR) is 90.4 cm³/mol. The Morgan fingerprint density at radius 1 is 0.833 bits per heavy atom. The zero-order valence-electron chi connectivity index (χ0n) is 14.0. The van der Waals surface area contributed by atoms with E-state index in [1.807, 2.05) is 30.3 Å². The molecule has 0 unspecified atom stereocenters. The van der Waals surface area contributed by atoms with Gasteiger partial charge in [-0.25, -0.2) is 0 Å². The summed E-state index contributed by atoms with van der Waals surface area (Å²) < 4.78 is 9.92. The Morgan fingerprint density at radius 3 is 2.04 bits per heavy atom.